The smallest absolute Gasteiger partial charge is 0.338 e. The van der Waals surface area contributed by atoms with Gasteiger partial charge >= 0.3 is 5.97 Å². The molecular formula is C16H22N2O5S. The minimum atomic E-state index is -3.72. The summed E-state index contributed by atoms with van der Waals surface area (Å²) in [4.78, 5) is 23.7. The molecule has 0 saturated carbocycles. The predicted octanol–water partition coefficient (Wildman–Crippen LogP) is 1.22. The highest BCUT2D eigenvalue weighted by Crippen LogP contribution is 2.13. The van der Waals surface area contributed by atoms with Crippen LogP contribution in [-0.4, -0.2) is 39.0 Å². The number of nitrogens with one attached hydrogen (secondary N) is 2. The lowest BCUT2D eigenvalue weighted by Gasteiger charge is -2.14. The van der Waals surface area contributed by atoms with Crippen LogP contribution in [0, 0.1) is 0 Å². The lowest BCUT2D eigenvalue weighted by atomic mass is 10.2. The van der Waals surface area contributed by atoms with Crippen LogP contribution >= 0.6 is 0 Å². The number of esters is 1. The maximum atomic E-state index is 12.1. The largest absolute Gasteiger partial charge is 0.449 e. The van der Waals surface area contributed by atoms with E-state index < -0.39 is 28.0 Å². The van der Waals surface area contributed by atoms with Crippen LogP contribution in [0.25, 0.3) is 0 Å². The van der Waals surface area contributed by atoms with Crippen LogP contribution < -0.4 is 10.0 Å². The van der Waals surface area contributed by atoms with Gasteiger partial charge in [0.25, 0.3) is 5.91 Å². The summed E-state index contributed by atoms with van der Waals surface area (Å²) in [6.45, 7) is 8.54. The first kappa shape index (κ1) is 19.9. The van der Waals surface area contributed by atoms with Crippen LogP contribution in [0.1, 0.15) is 31.1 Å². The van der Waals surface area contributed by atoms with Crippen LogP contribution in [0.4, 0.5) is 0 Å². The standard InChI is InChI=1S/C16H22N2O5S/c1-5-9-17-15(19)12(4)23-16(20)13-7-6-8-14(10-13)24(21,22)18-11(2)3/h5-8,10-12,18H,1,9H2,2-4H3,(H,17,19). The molecule has 0 fully saturated rings. The Morgan fingerprint density at radius 2 is 1.96 bits per heavy atom. The van der Waals surface area contributed by atoms with Gasteiger partial charge < -0.3 is 10.1 Å². The van der Waals surface area contributed by atoms with Crippen LogP contribution in [0.5, 0.6) is 0 Å². The second-order valence-electron chi connectivity index (χ2n) is 5.39. The molecule has 132 valence electrons. The van der Waals surface area contributed by atoms with E-state index in [4.69, 9.17) is 4.74 Å². The number of hydrogen-bond acceptors (Lipinski definition) is 5. The molecule has 1 aromatic carbocycles. The lowest BCUT2D eigenvalue weighted by molar-refractivity contribution is -0.128. The van der Waals surface area contributed by atoms with Crippen molar-refractivity contribution in [3.05, 3.63) is 42.5 Å². The van der Waals surface area contributed by atoms with E-state index in [-0.39, 0.29) is 23.0 Å². The Hall–Kier alpha value is -2.19. The number of carbonyl (C=O) groups is 2. The molecule has 0 aliphatic heterocycles. The summed E-state index contributed by atoms with van der Waals surface area (Å²) < 4.78 is 31.7. The van der Waals surface area contributed by atoms with Gasteiger partial charge in [-0.1, -0.05) is 12.1 Å². The summed E-state index contributed by atoms with van der Waals surface area (Å²) in [5.41, 5.74) is 0.0463. The summed E-state index contributed by atoms with van der Waals surface area (Å²) in [6, 6.07) is 5.17. The Labute approximate surface area is 142 Å². The Morgan fingerprint density at radius 1 is 1.29 bits per heavy atom. The average molecular weight is 354 g/mol. The molecular weight excluding hydrogens is 332 g/mol. The molecule has 1 rings (SSSR count). The normalized spacial score (nSPS) is 12.5. The number of ether oxygens (including phenoxy) is 1. The maximum absolute atomic E-state index is 12.1. The zero-order chi connectivity index (χ0) is 18.3. The second-order valence-corrected chi connectivity index (χ2v) is 7.10. The van der Waals surface area contributed by atoms with Gasteiger partial charge in [0.2, 0.25) is 10.0 Å². The van der Waals surface area contributed by atoms with E-state index in [1.807, 2.05) is 0 Å². The highest BCUT2D eigenvalue weighted by Gasteiger charge is 2.21. The van der Waals surface area contributed by atoms with Crippen LogP contribution in [0.3, 0.4) is 0 Å². The fourth-order valence-corrected chi connectivity index (χ4v) is 3.06. The number of amides is 1. The van der Waals surface area contributed by atoms with Gasteiger partial charge in [0.1, 0.15) is 0 Å². The fourth-order valence-electron chi connectivity index (χ4n) is 1.77. The van der Waals surface area contributed by atoms with E-state index >= 15 is 0 Å². The first-order valence-electron chi connectivity index (χ1n) is 7.39. The number of carbonyl (C=O) groups excluding carboxylic acids is 2. The van der Waals surface area contributed by atoms with Crippen molar-refractivity contribution < 1.29 is 22.7 Å². The summed E-state index contributed by atoms with van der Waals surface area (Å²) in [5.74, 6) is -1.24. The van der Waals surface area contributed by atoms with Crippen molar-refractivity contribution in [2.24, 2.45) is 0 Å². The average Bonchev–Trinajstić information content (AvgIpc) is 2.51. The van der Waals surface area contributed by atoms with Crippen molar-refractivity contribution in [1.29, 1.82) is 0 Å². The van der Waals surface area contributed by atoms with E-state index in [1.54, 1.807) is 13.8 Å². The van der Waals surface area contributed by atoms with Gasteiger partial charge in [0.15, 0.2) is 6.10 Å². The van der Waals surface area contributed by atoms with Gasteiger partial charge in [-0.05, 0) is 39.0 Å². The molecule has 0 spiro atoms. The minimum absolute atomic E-state index is 0.0463. The number of rotatable bonds is 8. The molecule has 0 aromatic heterocycles. The molecule has 2 N–H and O–H groups in total. The van der Waals surface area contributed by atoms with E-state index in [2.05, 4.69) is 16.6 Å². The first-order chi connectivity index (χ1) is 11.2. The Bertz CT molecular complexity index is 713. The fraction of sp³-hybridized carbons (Fsp3) is 0.375. The zero-order valence-electron chi connectivity index (χ0n) is 13.9. The van der Waals surface area contributed by atoms with Crippen LogP contribution in [-0.2, 0) is 19.6 Å². The molecule has 1 amide bonds. The second kappa shape index (κ2) is 8.60. The van der Waals surface area contributed by atoms with Crippen LogP contribution in [0.15, 0.2) is 41.8 Å². The molecule has 1 atom stereocenters. The molecule has 0 radical (unpaired) electrons. The maximum Gasteiger partial charge on any atom is 0.338 e. The van der Waals surface area contributed by atoms with Crippen molar-refractivity contribution in [1.82, 2.24) is 10.0 Å². The predicted molar refractivity (Wildman–Crippen MR) is 90.0 cm³/mol. The van der Waals surface area contributed by atoms with E-state index in [0.29, 0.717) is 0 Å². The van der Waals surface area contributed by atoms with Crippen molar-refractivity contribution in [2.75, 3.05) is 6.54 Å². The van der Waals surface area contributed by atoms with Gasteiger partial charge in [-0.25, -0.2) is 17.9 Å². The molecule has 8 heteroatoms. The van der Waals surface area contributed by atoms with Crippen molar-refractivity contribution >= 4 is 21.9 Å². The molecule has 0 aliphatic carbocycles. The van der Waals surface area contributed by atoms with Crippen molar-refractivity contribution in [2.45, 2.75) is 37.8 Å². The van der Waals surface area contributed by atoms with Gasteiger partial charge in [0.05, 0.1) is 10.5 Å². The quantitative estimate of drug-likeness (QED) is 0.540. The SMILES string of the molecule is C=CCNC(=O)C(C)OC(=O)c1cccc(S(=O)(=O)NC(C)C)c1. The molecule has 24 heavy (non-hydrogen) atoms. The molecule has 1 unspecified atom stereocenters. The minimum Gasteiger partial charge on any atom is -0.449 e. The number of benzene rings is 1. The third kappa shape index (κ3) is 5.78. The lowest BCUT2D eigenvalue weighted by Crippen LogP contribution is -2.35. The van der Waals surface area contributed by atoms with Crippen molar-refractivity contribution in [3.63, 3.8) is 0 Å². The van der Waals surface area contributed by atoms with Gasteiger partial charge in [0, 0.05) is 12.6 Å². The van der Waals surface area contributed by atoms with E-state index in [1.165, 1.54) is 37.3 Å². The summed E-state index contributed by atoms with van der Waals surface area (Å²) in [6.07, 6.45) is 0.495. The summed E-state index contributed by atoms with van der Waals surface area (Å²) in [5, 5.41) is 2.51. The highest BCUT2D eigenvalue weighted by molar-refractivity contribution is 7.89. The van der Waals surface area contributed by atoms with E-state index in [0.717, 1.165) is 0 Å². The summed E-state index contributed by atoms with van der Waals surface area (Å²) >= 11 is 0. The molecule has 7 nitrogen and oxygen atoms in total. The molecule has 0 bridgehead atoms. The van der Waals surface area contributed by atoms with Gasteiger partial charge in [-0.15, -0.1) is 6.58 Å². The zero-order valence-corrected chi connectivity index (χ0v) is 14.7. The van der Waals surface area contributed by atoms with Crippen molar-refractivity contribution in [3.8, 4) is 0 Å². The van der Waals surface area contributed by atoms with E-state index in [9.17, 15) is 18.0 Å². The summed E-state index contributed by atoms with van der Waals surface area (Å²) in [7, 11) is -3.72. The van der Waals surface area contributed by atoms with Crippen LogP contribution in [0.2, 0.25) is 0 Å². The Kier molecular flexibility index (Phi) is 7.12. The van der Waals surface area contributed by atoms with Gasteiger partial charge in [-0.2, -0.15) is 0 Å². The number of hydrogen-bond donors (Lipinski definition) is 2. The molecule has 0 heterocycles. The highest BCUT2D eigenvalue weighted by atomic mass is 32.2. The number of sulfonamides is 1. The first-order valence-corrected chi connectivity index (χ1v) is 8.87. The Morgan fingerprint density at radius 3 is 2.54 bits per heavy atom. The monoisotopic (exact) mass is 354 g/mol. The van der Waals surface area contributed by atoms with Gasteiger partial charge in [-0.3, -0.25) is 4.79 Å². The topological polar surface area (TPSA) is 102 Å². The third-order valence-electron chi connectivity index (χ3n) is 2.84. The molecule has 0 aliphatic rings. The Balaban J connectivity index is 2.88. The third-order valence-corrected chi connectivity index (χ3v) is 4.50. The molecule has 0 saturated heterocycles. The molecule has 1 aromatic rings.